The molecule has 2 aliphatic heterocycles. The van der Waals surface area contributed by atoms with E-state index in [1.807, 2.05) is 0 Å². The standard InChI is InChI=1S/C15H12Cl2N2O3/c16-11-2-1-7(3-12(11)17)13(20)18-5-8(6-18)19-14(21)9-4-10(9)15(19)22/h1-3,8-10H,4-6H2. The molecule has 1 aromatic carbocycles. The number of nitrogens with zero attached hydrogens (tertiary/aromatic N) is 2. The van der Waals surface area contributed by atoms with E-state index in [0.29, 0.717) is 35.1 Å². The smallest absolute Gasteiger partial charge is 0.254 e. The minimum Gasteiger partial charge on any atom is -0.334 e. The van der Waals surface area contributed by atoms with Crippen LogP contribution in [0.4, 0.5) is 0 Å². The van der Waals surface area contributed by atoms with Crippen LogP contribution in [0.25, 0.3) is 0 Å². The molecule has 3 amide bonds. The van der Waals surface area contributed by atoms with Crippen molar-refractivity contribution in [3.05, 3.63) is 33.8 Å². The summed E-state index contributed by atoms with van der Waals surface area (Å²) in [6.07, 6.45) is 0.701. The molecule has 4 rings (SSSR count). The Hall–Kier alpha value is -1.59. The molecule has 2 saturated heterocycles. The van der Waals surface area contributed by atoms with Crippen molar-refractivity contribution >= 4 is 40.9 Å². The molecule has 114 valence electrons. The van der Waals surface area contributed by atoms with E-state index in [1.54, 1.807) is 17.0 Å². The Morgan fingerprint density at radius 2 is 1.68 bits per heavy atom. The van der Waals surface area contributed by atoms with Crippen LogP contribution >= 0.6 is 23.2 Å². The summed E-state index contributed by atoms with van der Waals surface area (Å²) in [4.78, 5) is 39.3. The molecule has 1 saturated carbocycles. The van der Waals surface area contributed by atoms with E-state index in [-0.39, 0.29) is 35.6 Å². The normalized spacial score (nSPS) is 27.0. The van der Waals surface area contributed by atoms with Gasteiger partial charge in [-0.15, -0.1) is 0 Å². The number of fused-ring (bicyclic) bond motifs is 1. The zero-order chi connectivity index (χ0) is 15.6. The number of likely N-dealkylation sites (tertiary alicyclic amines) is 2. The van der Waals surface area contributed by atoms with Gasteiger partial charge in [0.05, 0.1) is 27.9 Å². The van der Waals surface area contributed by atoms with E-state index in [9.17, 15) is 14.4 Å². The Bertz CT molecular complexity index is 695. The average Bonchev–Trinajstić information content (AvgIpc) is 3.19. The van der Waals surface area contributed by atoms with Crippen LogP contribution in [0.1, 0.15) is 16.8 Å². The van der Waals surface area contributed by atoms with Gasteiger partial charge in [-0.2, -0.15) is 0 Å². The lowest BCUT2D eigenvalue weighted by atomic mass is 10.0. The zero-order valence-corrected chi connectivity index (χ0v) is 13.0. The second-order valence-corrected chi connectivity index (χ2v) is 6.80. The zero-order valence-electron chi connectivity index (χ0n) is 11.5. The van der Waals surface area contributed by atoms with Crippen LogP contribution in [0, 0.1) is 11.8 Å². The highest BCUT2D eigenvalue weighted by molar-refractivity contribution is 6.42. The molecule has 0 N–H and O–H groups in total. The van der Waals surface area contributed by atoms with Gasteiger partial charge in [-0.25, -0.2) is 0 Å². The maximum atomic E-state index is 12.3. The summed E-state index contributed by atoms with van der Waals surface area (Å²) in [5.74, 6) is -0.484. The van der Waals surface area contributed by atoms with E-state index in [2.05, 4.69) is 0 Å². The van der Waals surface area contributed by atoms with Gasteiger partial charge in [-0.1, -0.05) is 23.2 Å². The van der Waals surface area contributed by atoms with Crippen molar-refractivity contribution in [3.8, 4) is 0 Å². The van der Waals surface area contributed by atoms with Crippen LogP contribution in [0.2, 0.25) is 10.0 Å². The Morgan fingerprint density at radius 3 is 2.27 bits per heavy atom. The third kappa shape index (κ3) is 1.96. The number of hydrogen-bond donors (Lipinski definition) is 0. The molecule has 5 nitrogen and oxygen atoms in total. The first kappa shape index (κ1) is 14.0. The summed E-state index contributed by atoms with van der Waals surface area (Å²) >= 11 is 11.7. The molecule has 2 heterocycles. The maximum Gasteiger partial charge on any atom is 0.254 e. The minimum absolute atomic E-state index is 0.0679. The molecule has 3 aliphatic rings. The van der Waals surface area contributed by atoms with Gasteiger partial charge in [0.1, 0.15) is 0 Å². The van der Waals surface area contributed by atoms with Gasteiger partial charge in [0.25, 0.3) is 5.91 Å². The highest BCUT2D eigenvalue weighted by Crippen LogP contribution is 2.48. The Labute approximate surface area is 136 Å². The first-order valence-electron chi connectivity index (χ1n) is 7.08. The number of halogens is 2. The third-order valence-electron chi connectivity index (χ3n) is 4.58. The largest absolute Gasteiger partial charge is 0.334 e. The van der Waals surface area contributed by atoms with Crippen molar-refractivity contribution in [2.75, 3.05) is 13.1 Å². The Kier molecular flexibility index (Phi) is 3.00. The number of amides is 3. The van der Waals surface area contributed by atoms with Crippen molar-refractivity contribution in [2.45, 2.75) is 12.5 Å². The molecule has 2 atom stereocenters. The fraction of sp³-hybridized carbons (Fsp3) is 0.400. The average molecular weight is 339 g/mol. The van der Waals surface area contributed by atoms with Gasteiger partial charge in [-0.05, 0) is 24.6 Å². The topological polar surface area (TPSA) is 57.7 Å². The molecule has 7 heteroatoms. The number of piperidine rings is 1. The van der Waals surface area contributed by atoms with E-state index >= 15 is 0 Å². The SMILES string of the molecule is O=C(c1ccc(Cl)c(Cl)c1)N1CC(N2C(=O)C3CC3C2=O)C1. The number of benzene rings is 1. The van der Waals surface area contributed by atoms with Crippen LogP contribution in [-0.2, 0) is 9.59 Å². The van der Waals surface area contributed by atoms with E-state index in [0.717, 1.165) is 0 Å². The molecule has 1 aromatic rings. The van der Waals surface area contributed by atoms with Gasteiger partial charge in [0.2, 0.25) is 11.8 Å². The lowest BCUT2D eigenvalue weighted by Crippen LogP contribution is -2.62. The van der Waals surface area contributed by atoms with Crippen molar-refractivity contribution in [1.82, 2.24) is 9.80 Å². The van der Waals surface area contributed by atoms with E-state index in [4.69, 9.17) is 23.2 Å². The molecule has 0 radical (unpaired) electrons. The summed E-state index contributed by atoms with van der Waals surface area (Å²) < 4.78 is 0. The predicted octanol–water partition coefficient (Wildman–Crippen LogP) is 1.82. The number of carbonyl (C=O) groups is 3. The summed E-state index contributed by atoms with van der Waals surface area (Å²) in [6, 6.07) is 4.54. The second kappa shape index (κ2) is 4.70. The number of rotatable bonds is 2. The van der Waals surface area contributed by atoms with Crippen LogP contribution in [0.15, 0.2) is 18.2 Å². The van der Waals surface area contributed by atoms with Gasteiger partial charge in [0, 0.05) is 18.7 Å². The third-order valence-corrected chi connectivity index (χ3v) is 5.32. The Balaban J connectivity index is 1.43. The van der Waals surface area contributed by atoms with Crippen molar-refractivity contribution in [1.29, 1.82) is 0 Å². The first-order chi connectivity index (χ1) is 10.5. The van der Waals surface area contributed by atoms with E-state index < -0.39 is 0 Å². The fourth-order valence-electron chi connectivity index (χ4n) is 3.16. The minimum atomic E-state index is -0.181. The molecular weight excluding hydrogens is 327 g/mol. The molecule has 3 fully saturated rings. The van der Waals surface area contributed by atoms with Gasteiger partial charge in [0.15, 0.2) is 0 Å². The first-order valence-corrected chi connectivity index (χ1v) is 7.84. The molecule has 1 aliphatic carbocycles. The quantitative estimate of drug-likeness (QED) is 0.773. The van der Waals surface area contributed by atoms with Crippen molar-refractivity contribution in [3.63, 3.8) is 0 Å². The lowest BCUT2D eigenvalue weighted by molar-refractivity contribution is -0.147. The maximum absolute atomic E-state index is 12.3. The molecule has 0 spiro atoms. The summed E-state index contributed by atoms with van der Waals surface area (Å²) in [7, 11) is 0. The molecular formula is C15H12Cl2N2O3. The molecule has 22 heavy (non-hydrogen) atoms. The van der Waals surface area contributed by atoms with Gasteiger partial charge >= 0.3 is 0 Å². The van der Waals surface area contributed by atoms with Crippen LogP contribution in [0.5, 0.6) is 0 Å². The molecule has 0 aromatic heterocycles. The van der Waals surface area contributed by atoms with Crippen LogP contribution in [-0.4, -0.2) is 46.7 Å². The summed E-state index contributed by atoms with van der Waals surface area (Å²) in [5.41, 5.74) is 0.453. The Morgan fingerprint density at radius 1 is 1.05 bits per heavy atom. The summed E-state index contributed by atoms with van der Waals surface area (Å²) in [6.45, 7) is 0.770. The van der Waals surface area contributed by atoms with E-state index in [1.165, 1.54) is 11.0 Å². The van der Waals surface area contributed by atoms with Crippen molar-refractivity contribution < 1.29 is 14.4 Å². The second-order valence-electron chi connectivity index (χ2n) is 5.99. The number of imide groups is 1. The predicted molar refractivity (Wildman–Crippen MR) is 79.6 cm³/mol. The van der Waals surface area contributed by atoms with Gasteiger partial charge in [-0.3, -0.25) is 19.3 Å². The van der Waals surface area contributed by atoms with Gasteiger partial charge < -0.3 is 4.90 Å². The lowest BCUT2D eigenvalue weighted by Gasteiger charge is -2.43. The number of carbonyl (C=O) groups excluding carboxylic acids is 3. The highest BCUT2D eigenvalue weighted by Gasteiger charge is 2.61. The van der Waals surface area contributed by atoms with Crippen LogP contribution < -0.4 is 0 Å². The van der Waals surface area contributed by atoms with Crippen molar-refractivity contribution in [2.24, 2.45) is 11.8 Å². The monoisotopic (exact) mass is 338 g/mol. The molecule has 0 bridgehead atoms. The number of hydrogen-bond acceptors (Lipinski definition) is 3. The van der Waals surface area contributed by atoms with Crippen LogP contribution in [0.3, 0.4) is 0 Å². The molecule has 2 unspecified atom stereocenters. The highest BCUT2D eigenvalue weighted by atomic mass is 35.5. The fourth-order valence-corrected chi connectivity index (χ4v) is 3.46. The summed E-state index contributed by atoms with van der Waals surface area (Å²) in [5, 5.41) is 0.724.